The molecule has 2 aromatic carbocycles. The van der Waals surface area contributed by atoms with E-state index in [-0.39, 0.29) is 29.7 Å². The molecule has 2 aromatic rings. The second kappa shape index (κ2) is 6.58. The topological polar surface area (TPSA) is 61.8 Å². The van der Waals surface area contributed by atoms with E-state index in [0.717, 1.165) is 0 Å². The van der Waals surface area contributed by atoms with Crippen LogP contribution in [0.15, 0.2) is 60.0 Å². The molecule has 0 atom stereocenters. The molecule has 5 heteroatoms. The Bertz CT molecular complexity index is 818. The smallest absolute Gasteiger partial charge is 0.233 e. The van der Waals surface area contributed by atoms with Gasteiger partial charge in [0.2, 0.25) is 23.1 Å². The standard InChI is InChI=1S/C19H16O5/c1-3-23-18-16(20)14-6-4-5-7-15(14)17(21)19(18)24-13-10-8-12(22-2)9-11-13/h4-11H,3H2,1-2H3. The predicted molar refractivity (Wildman–Crippen MR) is 87.4 cm³/mol. The first-order valence-electron chi connectivity index (χ1n) is 7.53. The van der Waals surface area contributed by atoms with Crippen LogP contribution >= 0.6 is 0 Å². The fourth-order valence-electron chi connectivity index (χ4n) is 2.46. The summed E-state index contributed by atoms with van der Waals surface area (Å²) in [7, 11) is 1.56. The van der Waals surface area contributed by atoms with Crippen molar-refractivity contribution in [3.63, 3.8) is 0 Å². The van der Waals surface area contributed by atoms with Crippen LogP contribution in [0.3, 0.4) is 0 Å². The average Bonchev–Trinajstić information content (AvgIpc) is 2.63. The molecule has 0 N–H and O–H groups in total. The van der Waals surface area contributed by atoms with E-state index < -0.39 is 0 Å². The number of hydrogen-bond donors (Lipinski definition) is 0. The van der Waals surface area contributed by atoms with Gasteiger partial charge >= 0.3 is 0 Å². The van der Waals surface area contributed by atoms with E-state index in [0.29, 0.717) is 22.6 Å². The molecule has 0 saturated carbocycles. The van der Waals surface area contributed by atoms with Gasteiger partial charge in [-0.3, -0.25) is 9.59 Å². The molecule has 0 aromatic heterocycles. The fourth-order valence-corrected chi connectivity index (χ4v) is 2.46. The molecule has 0 unspecified atom stereocenters. The Morgan fingerprint density at radius 2 is 1.33 bits per heavy atom. The van der Waals surface area contributed by atoms with Crippen molar-refractivity contribution in [2.24, 2.45) is 0 Å². The first-order valence-corrected chi connectivity index (χ1v) is 7.53. The summed E-state index contributed by atoms with van der Waals surface area (Å²) < 4.78 is 16.2. The molecule has 5 nitrogen and oxygen atoms in total. The lowest BCUT2D eigenvalue weighted by atomic mass is 9.92. The van der Waals surface area contributed by atoms with Crippen molar-refractivity contribution in [1.29, 1.82) is 0 Å². The molecule has 0 aliphatic heterocycles. The van der Waals surface area contributed by atoms with Gasteiger partial charge in [0.25, 0.3) is 0 Å². The van der Waals surface area contributed by atoms with Gasteiger partial charge in [-0.05, 0) is 31.2 Å². The van der Waals surface area contributed by atoms with Crippen molar-refractivity contribution in [2.45, 2.75) is 6.92 Å². The van der Waals surface area contributed by atoms with Crippen LogP contribution in [0.25, 0.3) is 0 Å². The Balaban J connectivity index is 2.02. The van der Waals surface area contributed by atoms with Crippen LogP contribution in [-0.4, -0.2) is 25.3 Å². The Kier molecular flexibility index (Phi) is 4.33. The molecule has 1 aliphatic rings. The van der Waals surface area contributed by atoms with Crippen molar-refractivity contribution in [1.82, 2.24) is 0 Å². The van der Waals surface area contributed by atoms with Gasteiger partial charge in [0, 0.05) is 11.1 Å². The summed E-state index contributed by atoms with van der Waals surface area (Å²) in [5.74, 6) is 0.212. The minimum absolute atomic E-state index is 0.0583. The number of carbonyl (C=O) groups is 2. The van der Waals surface area contributed by atoms with E-state index in [9.17, 15) is 9.59 Å². The summed E-state index contributed by atoms with van der Waals surface area (Å²) in [4.78, 5) is 25.4. The van der Waals surface area contributed by atoms with Crippen molar-refractivity contribution in [3.05, 3.63) is 71.2 Å². The maximum absolute atomic E-state index is 12.7. The molecule has 0 heterocycles. The van der Waals surface area contributed by atoms with Crippen LogP contribution in [0.5, 0.6) is 11.5 Å². The van der Waals surface area contributed by atoms with Gasteiger partial charge in [-0.1, -0.05) is 24.3 Å². The zero-order chi connectivity index (χ0) is 17.1. The Morgan fingerprint density at radius 3 is 1.88 bits per heavy atom. The van der Waals surface area contributed by atoms with Gasteiger partial charge in [0.15, 0.2) is 0 Å². The Hall–Kier alpha value is -3.08. The number of benzene rings is 2. The number of ketones is 2. The number of Topliss-reactive ketones (excluding diaryl/α,β-unsaturated/α-hetero) is 2. The lowest BCUT2D eigenvalue weighted by Gasteiger charge is -2.20. The second-order valence-electron chi connectivity index (χ2n) is 5.07. The van der Waals surface area contributed by atoms with E-state index >= 15 is 0 Å². The average molecular weight is 324 g/mol. The fraction of sp³-hybridized carbons (Fsp3) is 0.158. The van der Waals surface area contributed by atoms with Crippen LogP contribution in [0, 0.1) is 0 Å². The van der Waals surface area contributed by atoms with Gasteiger partial charge in [0.05, 0.1) is 13.7 Å². The molecule has 0 radical (unpaired) electrons. The van der Waals surface area contributed by atoms with Gasteiger partial charge in [-0.25, -0.2) is 0 Å². The minimum Gasteiger partial charge on any atom is -0.497 e. The maximum Gasteiger partial charge on any atom is 0.233 e. The maximum atomic E-state index is 12.7. The van der Waals surface area contributed by atoms with E-state index in [1.165, 1.54) is 0 Å². The Labute approximate surface area is 139 Å². The third-order valence-electron chi connectivity index (χ3n) is 3.60. The molecule has 1 aliphatic carbocycles. The van der Waals surface area contributed by atoms with Gasteiger partial charge in [-0.2, -0.15) is 0 Å². The van der Waals surface area contributed by atoms with Crippen molar-refractivity contribution >= 4 is 11.6 Å². The molecular formula is C19H16O5. The van der Waals surface area contributed by atoms with Crippen molar-refractivity contribution in [2.75, 3.05) is 13.7 Å². The first-order chi connectivity index (χ1) is 11.7. The Morgan fingerprint density at radius 1 is 0.792 bits per heavy atom. The highest BCUT2D eigenvalue weighted by atomic mass is 16.5. The summed E-state index contributed by atoms with van der Waals surface area (Å²) in [6.07, 6.45) is 0. The molecule has 0 spiro atoms. The summed E-state index contributed by atoms with van der Waals surface area (Å²) in [5.41, 5.74) is 0.641. The zero-order valence-corrected chi connectivity index (χ0v) is 13.4. The van der Waals surface area contributed by atoms with Gasteiger partial charge in [0.1, 0.15) is 11.5 Å². The summed E-state index contributed by atoms with van der Waals surface area (Å²) in [6, 6.07) is 13.4. The predicted octanol–water partition coefficient (Wildman–Crippen LogP) is 3.40. The first kappa shape index (κ1) is 15.8. The second-order valence-corrected chi connectivity index (χ2v) is 5.07. The largest absolute Gasteiger partial charge is 0.497 e. The summed E-state index contributed by atoms with van der Waals surface area (Å²) >= 11 is 0. The van der Waals surface area contributed by atoms with Gasteiger partial charge in [-0.15, -0.1) is 0 Å². The lowest BCUT2D eigenvalue weighted by Crippen LogP contribution is -2.26. The molecule has 3 rings (SSSR count). The number of rotatable bonds is 5. The quantitative estimate of drug-likeness (QED) is 0.843. The number of ether oxygens (including phenoxy) is 3. The monoisotopic (exact) mass is 324 g/mol. The zero-order valence-electron chi connectivity index (χ0n) is 13.4. The highest BCUT2D eigenvalue weighted by molar-refractivity contribution is 6.25. The highest BCUT2D eigenvalue weighted by Crippen LogP contribution is 2.29. The molecule has 24 heavy (non-hydrogen) atoms. The van der Waals surface area contributed by atoms with Crippen molar-refractivity contribution < 1.29 is 23.8 Å². The minimum atomic E-state index is -0.371. The van der Waals surface area contributed by atoms with Crippen LogP contribution in [0.4, 0.5) is 0 Å². The highest BCUT2D eigenvalue weighted by Gasteiger charge is 2.35. The molecular weight excluding hydrogens is 308 g/mol. The number of carbonyl (C=O) groups excluding carboxylic acids is 2. The van der Waals surface area contributed by atoms with E-state index in [2.05, 4.69) is 0 Å². The van der Waals surface area contributed by atoms with Crippen LogP contribution < -0.4 is 9.47 Å². The molecule has 0 saturated heterocycles. The number of hydrogen-bond acceptors (Lipinski definition) is 5. The SMILES string of the molecule is CCOC1=C(Oc2ccc(OC)cc2)C(=O)c2ccccc2C1=O. The van der Waals surface area contributed by atoms with Crippen LogP contribution in [0.1, 0.15) is 27.6 Å². The van der Waals surface area contributed by atoms with Gasteiger partial charge < -0.3 is 14.2 Å². The van der Waals surface area contributed by atoms with E-state index in [4.69, 9.17) is 14.2 Å². The van der Waals surface area contributed by atoms with Crippen molar-refractivity contribution in [3.8, 4) is 11.5 Å². The van der Waals surface area contributed by atoms with E-state index in [1.54, 1.807) is 62.6 Å². The molecule has 0 fully saturated rings. The third-order valence-corrected chi connectivity index (χ3v) is 3.60. The molecule has 0 bridgehead atoms. The summed E-state index contributed by atoms with van der Waals surface area (Å²) in [6.45, 7) is 2.00. The van der Waals surface area contributed by atoms with E-state index in [1.807, 2.05) is 0 Å². The number of methoxy groups -OCH3 is 1. The van der Waals surface area contributed by atoms with Crippen LogP contribution in [0.2, 0.25) is 0 Å². The number of allylic oxidation sites excluding steroid dienone is 2. The normalized spacial score (nSPS) is 13.6. The third kappa shape index (κ3) is 2.76. The van der Waals surface area contributed by atoms with Crippen LogP contribution in [-0.2, 0) is 4.74 Å². The lowest BCUT2D eigenvalue weighted by molar-refractivity contribution is 0.0836. The molecule has 0 amide bonds. The number of fused-ring (bicyclic) bond motifs is 1. The molecule has 122 valence electrons. The summed E-state index contributed by atoms with van der Waals surface area (Å²) in [5, 5.41) is 0.